The molecule has 0 aromatic carbocycles. The van der Waals surface area contributed by atoms with E-state index in [2.05, 4.69) is 26.2 Å². The highest BCUT2D eigenvalue weighted by Crippen LogP contribution is 2.39. The fourth-order valence-electron chi connectivity index (χ4n) is 5.31. The van der Waals surface area contributed by atoms with Crippen LogP contribution in [0.5, 0.6) is 0 Å². The molecule has 2 saturated carbocycles. The lowest BCUT2D eigenvalue weighted by atomic mass is 10.00. The molecule has 4 fully saturated rings. The Balaban J connectivity index is 1.24. The molecule has 8 heteroatoms. The number of carbonyl (C=O) groups is 1. The van der Waals surface area contributed by atoms with Gasteiger partial charge in [-0.05, 0) is 56.7 Å². The van der Waals surface area contributed by atoms with Gasteiger partial charge in [0.05, 0.1) is 6.67 Å². The molecule has 0 unspecified atom stereocenters. The normalized spacial score (nSPS) is 24.7. The van der Waals surface area contributed by atoms with E-state index in [9.17, 15) is 4.79 Å². The van der Waals surface area contributed by atoms with Crippen molar-refractivity contribution in [1.82, 2.24) is 24.1 Å². The molecule has 1 aromatic heterocycles. The molecule has 0 atom stereocenters. The van der Waals surface area contributed by atoms with Crippen LogP contribution in [0, 0.1) is 16.6 Å². The largest absolute Gasteiger partial charge is 0.341 e. The van der Waals surface area contributed by atoms with Crippen LogP contribution in [0.2, 0.25) is 0 Å². The highest BCUT2D eigenvalue weighted by molar-refractivity contribution is 7.71. The van der Waals surface area contributed by atoms with Crippen molar-refractivity contribution in [2.45, 2.75) is 71.0 Å². The number of anilines is 1. The van der Waals surface area contributed by atoms with Crippen molar-refractivity contribution < 1.29 is 4.79 Å². The Bertz CT molecular complexity index is 808. The summed E-state index contributed by atoms with van der Waals surface area (Å²) in [5, 5.41) is 5.01. The van der Waals surface area contributed by atoms with E-state index >= 15 is 0 Å². The maximum Gasteiger partial charge on any atom is 0.226 e. The summed E-state index contributed by atoms with van der Waals surface area (Å²) in [4.78, 5) is 19.7. The Labute approximate surface area is 185 Å². The van der Waals surface area contributed by atoms with Gasteiger partial charge < -0.3 is 9.80 Å². The molecule has 2 aliphatic heterocycles. The second kappa shape index (κ2) is 8.61. The van der Waals surface area contributed by atoms with Gasteiger partial charge in [0, 0.05) is 51.2 Å². The van der Waals surface area contributed by atoms with Crippen molar-refractivity contribution in [3.8, 4) is 0 Å². The molecule has 1 aromatic rings. The number of carbonyl (C=O) groups excluding carboxylic acids is 1. The number of hydrogen-bond acceptors (Lipinski definition) is 5. The van der Waals surface area contributed by atoms with Crippen molar-refractivity contribution >= 4 is 24.1 Å². The van der Waals surface area contributed by atoms with Crippen LogP contribution >= 0.6 is 12.2 Å². The van der Waals surface area contributed by atoms with E-state index in [-0.39, 0.29) is 5.92 Å². The summed E-state index contributed by atoms with van der Waals surface area (Å²) in [6, 6.07) is 0.543. The molecule has 0 spiro atoms. The summed E-state index contributed by atoms with van der Waals surface area (Å²) in [6.07, 6.45) is 9.53. The van der Waals surface area contributed by atoms with Crippen LogP contribution in [0.25, 0.3) is 0 Å². The van der Waals surface area contributed by atoms with Crippen LogP contribution < -0.4 is 4.90 Å². The highest BCUT2D eigenvalue weighted by Gasteiger charge is 2.33. The van der Waals surface area contributed by atoms with Gasteiger partial charge in [-0.1, -0.05) is 19.8 Å². The molecule has 0 bridgehead atoms. The number of aromatic nitrogens is 3. The van der Waals surface area contributed by atoms with Gasteiger partial charge in [0.15, 0.2) is 0 Å². The Kier molecular flexibility index (Phi) is 5.88. The topological polar surface area (TPSA) is 49.5 Å². The van der Waals surface area contributed by atoms with E-state index in [1.54, 1.807) is 0 Å². The molecule has 7 nitrogen and oxygen atoms in total. The third-order valence-electron chi connectivity index (χ3n) is 7.55. The molecule has 4 aliphatic rings. The number of rotatable bonds is 5. The summed E-state index contributed by atoms with van der Waals surface area (Å²) >= 11 is 5.87. The predicted molar refractivity (Wildman–Crippen MR) is 120 cm³/mol. The lowest BCUT2D eigenvalue weighted by Crippen LogP contribution is -2.50. The molecule has 0 radical (unpaired) electrons. The molecule has 2 aliphatic carbocycles. The van der Waals surface area contributed by atoms with Gasteiger partial charge in [0.2, 0.25) is 16.6 Å². The molecule has 2 saturated heterocycles. The summed E-state index contributed by atoms with van der Waals surface area (Å²) in [5.41, 5.74) is 0. The molecule has 0 N–H and O–H groups in total. The van der Waals surface area contributed by atoms with Crippen molar-refractivity contribution in [3.63, 3.8) is 0 Å². The molecular formula is C22H36N6OS. The van der Waals surface area contributed by atoms with E-state index in [0.717, 1.165) is 75.4 Å². The average Bonchev–Trinajstić information content (AvgIpc) is 3.33. The van der Waals surface area contributed by atoms with Gasteiger partial charge in [-0.25, -0.2) is 4.68 Å². The minimum absolute atomic E-state index is 0.286. The zero-order valence-corrected chi connectivity index (χ0v) is 19.2. The van der Waals surface area contributed by atoms with Crippen LogP contribution in [0.15, 0.2) is 0 Å². The fraction of sp³-hybridized carbons (Fsp3) is 0.864. The molecule has 1 amide bonds. The fourth-order valence-corrected chi connectivity index (χ4v) is 5.64. The maximum atomic E-state index is 12.7. The van der Waals surface area contributed by atoms with Gasteiger partial charge in [-0.3, -0.25) is 14.3 Å². The zero-order chi connectivity index (χ0) is 20.7. The Morgan fingerprint density at radius 1 is 0.967 bits per heavy atom. The number of piperazine rings is 1. The van der Waals surface area contributed by atoms with Crippen LogP contribution in [0.4, 0.5) is 5.95 Å². The van der Waals surface area contributed by atoms with Crippen LogP contribution in [-0.2, 0) is 11.5 Å². The smallest absolute Gasteiger partial charge is 0.226 e. The first kappa shape index (κ1) is 20.5. The minimum Gasteiger partial charge on any atom is -0.341 e. The molecule has 5 rings (SSSR count). The summed E-state index contributed by atoms with van der Waals surface area (Å²) in [5.74, 6) is 2.57. The third kappa shape index (κ3) is 4.17. The van der Waals surface area contributed by atoms with E-state index in [4.69, 9.17) is 17.3 Å². The van der Waals surface area contributed by atoms with E-state index in [0.29, 0.717) is 11.9 Å². The van der Waals surface area contributed by atoms with Gasteiger partial charge in [0.25, 0.3) is 0 Å². The number of amides is 1. The summed E-state index contributed by atoms with van der Waals surface area (Å²) in [6.45, 7) is 8.75. The second-order valence-corrected chi connectivity index (χ2v) is 10.3. The van der Waals surface area contributed by atoms with Crippen molar-refractivity contribution in [1.29, 1.82) is 0 Å². The molecular weight excluding hydrogens is 396 g/mol. The highest BCUT2D eigenvalue weighted by atomic mass is 32.1. The SMILES string of the molecule is CC1CCN(c2nn(CN3CCN(C(=O)C4CCCC4)CC3)c(=S)n2C2CC2)CC1. The van der Waals surface area contributed by atoms with Gasteiger partial charge in [-0.2, -0.15) is 0 Å². The Morgan fingerprint density at radius 3 is 2.27 bits per heavy atom. The summed E-state index contributed by atoms with van der Waals surface area (Å²) in [7, 11) is 0. The van der Waals surface area contributed by atoms with Crippen molar-refractivity contribution in [2.75, 3.05) is 44.2 Å². The Morgan fingerprint density at radius 2 is 1.63 bits per heavy atom. The average molecular weight is 433 g/mol. The quantitative estimate of drug-likeness (QED) is 0.669. The van der Waals surface area contributed by atoms with Crippen LogP contribution in [-0.4, -0.2) is 69.3 Å². The van der Waals surface area contributed by atoms with Gasteiger partial charge in [0.1, 0.15) is 0 Å². The first-order valence-electron chi connectivity index (χ1n) is 12.1. The first-order chi connectivity index (χ1) is 14.6. The minimum atomic E-state index is 0.286. The summed E-state index contributed by atoms with van der Waals surface area (Å²) < 4.78 is 5.23. The molecule has 30 heavy (non-hydrogen) atoms. The zero-order valence-electron chi connectivity index (χ0n) is 18.3. The molecule has 166 valence electrons. The van der Waals surface area contributed by atoms with Crippen molar-refractivity contribution in [2.24, 2.45) is 11.8 Å². The van der Waals surface area contributed by atoms with Crippen molar-refractivity contribution in [3.05, 3.63) is 4.77 Å². The van der Waals surface area contributed by atoms with Gasteiger partial charge in [-0.15, -0.1) is 5.10 Å². The standard InChI is InChI=1S/C22H36N6OS/c1-17-8-10-26(11-9-17)21-23-27(22(30)28(21)19-6-7-19)16-24-12-14-25(15-13-24)20(29)18-4-2-3-5-18/h17-19H,2-16H2,1H3. The lowest BCUT2D eigenvalue weighted by Gasteiger charge is -2.35. The number of piperidine rings is 1. The van der Waals surface area contributed by atoms with Gasteiger partial charge >= 0.3 is 0 Å². The monoisotopic (exact) mass is 432 g/mol. The number of hydrogen-bond donors (Lipinski definition) is 0. The lowest BCUT2D eigenvalue weighted by molar-refractivity contribution is -0.137. The predicted octanol–water partition coefficient (Wildman–Crippen LogP) is 3.28. The van der Waals surface area contributed by atoms with Crippen LogP contribution in [0.1, 0.15) is 64.3 Å². The first-order valence-corrected chi connectivity index (χ1v) is 12.5. The maximum absolute atomic E-state index is 12.7. The van der Waals surface area contributed by atoms with Crippen LogP contribution in [0.3, 0.4) is 0 Å². The van der Waals surface area contributed by atoms with E-state index < -0.39 is 0 Å². The van der Waals surface area contributed by atoms with E-state index in [1.807, 2.05) is 4.68 Å². The third-order valence-corrected chi connectivity index (χ3v) is 7.96. The second-order valence-electron chi connectivity index (χ2n) is 9.92. The molecule has 3 heterocycles. The van der Waals surface area contributed by atoms with E-state index in [1.165, 1.54) is 38.5 Å². The Hall–Kier alpha value is -1.41. The number of nitrogens with zero attached hydrogens (tertiary/aromatic N) is 6.